The molecule has 7 heteroatoms. The highest BCUT2D eigenvalue weighted by atomic mass is 16.6. The Balaban J connectivity index is 1.62. The summed E-state index contributed by atoms with van der Waals surface area (Å²) in [7, 11) is 3.30. The number of carbonyl (C=O) groups excluding carboxylic acids is 2. The molecule has 3 aromatic rings. The second-order valence-corrected chi connectivity index (χ2v) is 17.6. The monoisotopic (exact) mass is 871 g/mol. The third kappa shape index (κ3) is 22.1. The highest BCUT2D eigenvalue weighted by molar-refractivity contribution is 5.70. The van der Waals surface area contributed by atoms with E-state index in [9.17, 15) is 9.59 Å². The van der Waals surface area contributed by atoms with Crippen LogP contribution >= 0.6 is 0 Å². The molecule has 0 aliphatic carbocycles. The van der Waals surface area contributed by atoms with Crippen molar-refractivity contribution in [2.75, 3.05) is 27.4 Å². The van der Waals surface area contributed by atoms with Gasteiger partial charge in [0.05, 0.1) is 20.8 Å². The molecular weight excluding hydrogens is 785 g/mol. The highest BCUT2D eigenvalue weighted by Gasteiger charge is 2.39. The van der Waals surface area contributed by atoms with Crippen molar-refractivity contribution >= 4 is 11.9 Å². The number of methoxy groups -OCH3 is 2. The Kier molecular flexibility index (Phi) is 29.3. The van der Waals surface area contributed by atoms with Crippen molar-refractivity contribution in [1.29, 1.82) is 0 Å². The van der Waals surface area contributed by atoms with Crippen molar-refractivity contribution in [2.45, 2.75) is 205 Å². The van der Waals surface area contributed by atoms with Crippen molar-refractivity contribution in [2.24, 2.45) is 0 Å². The van der Waals surface area contributed by atoms with Gasteiger partial charge in [0.2, 0.25) is 0 Å². The Bertz CT molecular complexity index is 1510. The number of benzene rings is 3. The lowest BCUT2D eigenvalue weighted by Crippen LogP contribution is -2.38. The standard InChI is InChI=1S/C56H86O7/c1-5-7-9-11-13-15-17-19-21-23-25-27-32-36-54(57)61-46-53(63-55(58)37-33-28-26-24-22-20-18-16-14-12-10-8-6-2)47-62-56(48-34-30-29-31-35-48,49-38-42-51(59-3)43-39-49)50-40-44-52(60-4)45-41-50/h29-31,34-35,38-45,53H,5-28,32-33,36-37,46-47H2,1-4H3/t53-/m1/s1. The summed E-state index contributed by atoms with van der Waals surface area (Å²) in [5.41, 5.74) is 1.54. The van der Waals surface area contributed by atoms with E-state index >= 15 is 0 Å². The van der Waals surface area contributed by atoms with Crippen LogP contribution in [0, 0.1) is 0 Å². The van der Waals surface area contributed by atoms with E-state index in [1.54, 1.807) is 14.2 Å². The van der Waals surface area contributed by atoms with E-state index < -0.39 is 11.7 Å². The summed E-state index contributed by atoms with van der Waals surface area (Å²) < 4.78 is 30.1. The first-order valence-corrected chi connectivity index (χ1v) is 25.3. The van der Waals surface area contributed by atoms with Crippen molar-refractivity contribution < 1.29 is 33.3 Å². The normalized spacial score (nSPS) is 11.9. The molecule has 352 valence electrons. The largest absolute Gasteiger partial charge is 0.497 e. The minimum Gasteiger partial charge on any atom is -0.497 e. The summed E-state index contributed by atoms with van der Waals surface area (Å²) in [6.45, 7) is 4.46. The van der Waals surface area contributed by atoms with Crippen molar-refractivity contribution in [3.05, 3.63) is 95.6 Å². The van der Waals surface area contributed by atoms with Gasteiger partial charge in [-0.1, -0.05) is 223 Å². The highest BCUT2D eigenvalue weighted by Crippen LogP contribution is 2.42. The number of hydrogen-bond donors (Lipinski definition) is 0. The van der Waals surface area contributed by atoms with Gasteiger partial charge in [-0.05, 0) is 53.8 Å². The second-order valence-electron chi connectivity index (χ2n) is 17.6. The average Bonchev–Trinajstić information content (AvgIpc) is 3.32. The van der Waals surface area contributed by atoms with Gasteiger partial charge in [-0.3, -0.25) is 9.59 Å². The number of hydrogen-bond acceptors (Lipinski definition) is 7. The predicted molar refractivity (Wildman–Crippen MR) is 260 cm³/mol. The zero-order chi connectivity index (χ0) is 45.1. The molecule has 3 aromatic carbocycles. The fraction of sp³-hybridized carbons (Fsp3) is 0.643. The van der Waals surface area contributed by atoms with Crippen molar-refractivity contribution in [3.8, 4) is 11.5 Å². The molecule has 0 aliphatic rings. The fourth-order valence-electron chi connectivity index (χ4n) is 8.49. The maximum Gasteiger partial charge on any atom is 0.306 e. The van der Waals surface area contributed by atoms with Gasteiger partial charge < -0.3 is 23.7 Å². The van der Waals surface area contributed by atoms with Crippen LogP contribution in [0.1, 0.15) is 210 Å². The Hall–Kier alpha value is -3.84. The molecule has 3 rings (SSSR count). The predicted octanol–water partition coefficient (Wildman–Crippen LogP) is 15.4. The molecule has 0 heterocycles. The fourth-order valence-corrected chi connectivity index (χ4v) is 8.49. The van der Waals surface area contributed by atoms with Crippen LogP contribution in [0.25, 0.3) is 0 Å². The number of carbonyl (C=O) groups is 2. The minimum atomic E-state index is -1.10. The van der Waals surface area contributed by atoms with E-state index in [0.29, 0.717) is 12.8 Å². The molecule has 0 saturated heterocycles. The molecule has 0 unspecified atom stereocenters. The van der Waals surface area contributed by atoms with E-state index in [2.05, 4.69) is 13.8 Å². The smallest absolute Gasteiger partial charge is 0.306 e. The third-order valence-electron chi connectivity index (χ3n) is 12.4. The van der Waals surface area contributed by atoms with Crippen molar-refractivity contribution in [1.82, 2.24) is 0 Å². The molecule has 0 fully saturated rings. The number of unbranched alkanes of at least 4 members (excludes halogenated alkanes) is 24. The lowest BCUT2D eigenvalue weighted by Gasteiger charge is -2.37. The average molecular weight is 871 g/mol. The quantitative estimate of drug-likeness (QED) is 0.0321. The maximum absolute atomic E-state index is 13.4. The summed E-state index contributed by atoms with van der Waals surface area (Å²) in [5.74, 6) is 0.894. The molecule has 0 N–H and O–H groups in total. The number of esters is 2. The maximum atomic E-state index is 13.4. The van der Waals surface area contributed by atoms with Crippen LogP contribution < -0.4 is 9.47 Å². The van der Waals surface area contributed by atoms with Crippen molar-refractivity contribution in [3.63, 3.8) is 0 Å². The van der Waals surface area contributed by atoms with Gasteiger partial charge in [-0.2, -0.15) is 0 Å². The summed E-state index contributed by atoms with van der Waals surface area (Å²) in [6.07, 6.45) is 32.2. The van der Waals surface area contributed by atoms with E-state index in [1.807, 2.05) is 78.9 Å². The Morgan fingerprint density at radius 1 is 0.429 bits per heavy atom. The molecule has 0 bridgehead atoms. The third-order valence-corrected chi connectivity index (χ3v) is 12.4. The second kappa shape index (κ2) is 34.6. The van der Waals surface area contributed by atoms with Crippen LogP contribution in [0.2, 0.25) is 0 Å². The molecule has 63 heavy (non-hydrogen) atoms. The van der Waals surface area contributed by atoms with Gasteiger partial charge in [0.25, 0.3) is 0 Å². The zero-order valence-corrected chi connectivity index (χ0v) is 40.2. The van der Waals surface area contributed by atoms with Gasteiger partial charge in [-0.15, -0.1) is 0 Å². The SMILES string of the molecule is CCCCCCCCCCCCCCCC(=O)OC[C@H](COC(c1ccccc1)(c1ccc(OC)cc1)c1ccc(OC)cc1)OC(=O)CCCCCCCCCCCCCCC. The molecule has 0 radical (unpaired) electrons. The molecule has 0 aromatic heterocycles. The molecule has 0 amide bonds. The van der Waals surface area contributed by atoms with Crippen LogP contribution in [0.4, 0.5) is 0 Å². The van der Waals surface area contributed by atoms with E-state index in [1.165, 1.54) is 128 Å². The summed E-state index contributed by atoms with van der Waals surface area (Å²) >= 11 is 0. The Labute approximate surface area is 383 Å². The first-order chi connectivity index (χ1) is 31.0. The molecule has 1 atom stereocenters. The molecule has 0 aliphatic heterocycles. The van der Waals surface area contributed by atoms with Crippen LogP contribution in [0.15, 0.2) is 78.9 Å². The van der Waals surface area contributed by atoms with Crippen LogP contribution in [0.3, 0.4) is 0 Å². The van der Waals surface area contributed by atoms with Gasteiger partial charge in [0, 0.05) is 12.8 Å². The Morgan fingerprint density at radius 2 is 0.778 bits per heavy atom. The molecule has 7 nitrogen and oxygen atoms in total. The van der Waals surface area contributed by atoms with Crippen LogP contribution in [-0.2, 0) is 29.4 Å². The van der Waals surface area contributed by atoms with E-state index in [4.69, 9.17) is 23.7 Å². The van der Waals surface area contributed by atoms with Gasteiger partial charge >= 0.3 is 11.9 Å². The van der Waals surface area contributed by atoms with Gasteiger partial charge in [0.1, 0.15) is 23.7 Å². The topological polar surface area (TPSA) is 80.3 Å². The molecular formula is C56H86O7. The first-order valence-electron chi connectivity index (χ1n) is 25.3. The number of rotatable bonds is 39. The van der Waals surface area contributed by atoms with Gasteiger partial charge in [-0.25, -0.2) is 0 Å². The molecule has 0 saturated carbocycles. The summed E-state index contributed by atoms with van der Waals surface area (Å²) in [4.78, 5) is 26.5. The van der Waals surface area contributed by atoms with Gasteiger partial charge in [0.15, 0.2) is 6.10 Å². The van der Waals surface area contributed by atoms with Crippen LogP contribution in [0.5, 0.6) is 11.5 Å². The van der Waals surface area contributed by atoms with E-state index in [0.717, 1.165) is 66.7 Å². The molecule has 0 spiro atoms. The lowest BCUT2D eigenvalue weighted by molar-refractivity contribution is -0.165. The number of ether oxygens (including phenoxy) is 5. The zero-order valence-electron chi connectivity index (χ0n) is 40.2. The van der Waals surface area contributed by atoms with Crippen LogP contribution in [-0.4, -0.2) is 45.5 Å². The summed E-state index contributed by atoms with van der Waals surface area (Å²) in [6, 6.07) is 25.7. The minimum absolute atomic E-state index is 0.00329. The first kappa shape index (κ1) is 53.5. The lowest BCUT2D eigenvalue weighted by atomic mass is 9.80. The van der Waals surface area contributed by atoms with E-state index in [-0.39, 0.29) is 25.2 Å². The summed E-state index contributed by atoms with van der Waals surface area (Å²) in [5, 5.41) is 0. The Morgan fingerprint density at radius 3 is 1.16 bits per heavy atom.